The van der Waals surface area contributed by atoms with E-state index in [-0.39, 0.29) is 45.4 Å². The van der Waals surface area contributed by atoms with Gasteiger partial charge >= 0.3 is 11.9 Å². The van der Waals surface area contributed by atoms with Gasteiger partial charge in [-0.3, -0.25) is 19.2 Å². The molecular formula is C41H50N2O12. The summed E-state index contributed by atoms with van der Waals surface area (Å²) in [6.45, 7) is 5.59. The number of rotatable bonds is 17. The van der Waals surface area contributed by atoms with Crippen molar-refractivity contribution in [2.45, 2.75) is 109 Å². The lowest BCUT2D eigenvalue weighted by Gasteiger charge is -2.49. The Morgan fingerprint density at radius 3 is 1.71 bits per heavy atom. The van der Waals surface area contributed by atoms with E-state index in [2.05, 4.69) is 10.6 Å². The van der Waals surface area contributed by atoms with Gasteiger partial charge < -0.3 is 48.5 Å². The van der Waals surface area contributed by atoms with Crippen LogP contribution in [0.25, 0.3) is 0 Å². The number of carbonyl (C=O) groups excluding carboxylic acids is 4. The molecule has 2 N–H and O–H groups in total. The van der Waals surface area contributed by atoms with Gasteiger partial charge in [0.05, 0.1) is 32.5 Å². The number of hydrogen-bond acceptors (Lipinski definition) is 12. The van der Waals surface area contributed by atoms with E-state index in [4.69, 9.17) is 37.9 Å². The van der Waals surface area contributed by atoms with Crippen molar-refractivity contribution in [3.8, 4) is 0 Å². The predicted molar refractivity (Wildman–Crippen MR) is 197 cm³/mol. The second-order valence-corrected chi connectivity index (χ2v) is 13.5. The highest BCUT2D eigenvalue weighted by atomic mass is 16.7. The van der Waals surface area contributed by atoms with Crippen molar-refractivity contribution in [2.24, 2.45) is 0 Å². The molecule has 0 spiro atoms. The number of ether oxygens (including phenoxy) is 8. The first-order valence-electron chi connectivity index (χ1n) is 18.3. The topological polar surface area (TPSA) is 166 Å². The molecule has 2 saturated heterocycles. The van der Waals surface area contributed by atoms with Crippen molar-refractivity contribution in [1.29, 1.82) is 0 Å². The summed E-state index contributed by atoms with van der Waals surface area (Å²) in [5.74, 6) is -1.91. The van der Waals surface area contributed by atoms with Gasteiger partial charge in [-0.15, -0.1) is 0 Å². The van der Waals surface area contributed by atoms with Gasteiger partial charge in [-0.25, -0.2) is 0 Å². The molecule has 3 aromatic carbocycles. The van der Waals surface area contributed by atoms with Crippen LogP contribution in [0.1, 0.15) is 50.8 Å². The van der Waals surface area contributed by atoms with Crippen LogP contribution in [0.4, 0.5) is 0 Å². The summed E-state index contributed by atoms with van der Waals surface area (Å²) < 4.78 is 50.1. The standard InChI is InChI=1S/C41H50N2O12/c1-26(44)42-36-34(52-29(4)47)20-33(24-49-28(3)46)53-41(36)55-38-35(25-48-21-30-14-8-5-9-15-30)54-40(51-23-32-18-12-7-13-19-32)37(43-27(2)45)39(38)50-22-31-16-10-6-11-17-31/h5-19,33-41H,20-25H2,1-4H3,(H,42,44)(H,43,45)/t33-,34-,35+,36+,37+,38+,39+,40+,41-/m0/s1. The van der Waals surface area contributed by atoms with Crippen LogP contribution in [0.15, 0.2) is 91.0 Å². The molecule has 296 valence electrons. The molecule has 2 aliphatic heterocycles. The Kier molecular flexibility index (Phi) is 15.7. The first kappa shape index (κ1) is 41.5. The van der Waals surface area contributed by atoms with E-state index in [1.807, 2.05) is 91.0 Å². The first-order chi connectivity index (χ1) is 26.5. The molecule has 0 aliphatic carbocycles. The maximum atomic E-state index is 12.8. The molecule has 0 saturated carbocycles. The highest BCUT2D eigenvalue weighted by molar-refractivity contribution is 5.74. The lowest BCUT2D eigenvalue weighted by atomic mass is 9.94. The molecule has 0 unspecified atom stereocenters. The summed E-state index contributed by atoms with van der Waals surface area (Å²) in [5, 5.41) is 5.80. The molecule has 14 nitrogen and oxygen atoms in total. The van der Waals surface area contributed by atoms with Gasteiger partial charge in [0.25, 0.3) is 0 Å². The van der Waals surface area contributed by atoms with E-state index in [1.165, 1.54) is 27.7 Å². The molecular weight excluding hydrogens is 712 g/mol. The average Bonchev–Trinajstić information content (AvgIpc) is 3.15. The molecule has 0 aromatic heterocycles. The van der Waals surface area contributed by atoms with Crippen molar-refractivity contribution in [3.63, 3.8) is 0 Å². The summed E-state index contributed by atoms with van der Waals surface area (Å²) in [5.41, 5.74) is 2.67. The summed E-state index contributed by atoms with van der Waals surface area (Å²) in [6, 6.07) is 26.7. The van der Waals surface area contributed by atoms with E-state index in [0.29, 0.717) is 0 Å². The van der Waals surface area contributed by atoms with Crippen LogP contribution >= 0.6 is 0 Å². The fraction of sp³-hybridized carbons (Fsp3) is 0.463. The minimum atomic E-state index is -1.28. The average molecular weight is 763 g/mol. The predicted octanol–water partition coefficient (Wildman–Crippen LogP) is 3.73. The third kappa shape index (κ3) is 12.9. The Morgan fingerprint density at radius 2 is 1.16 bits per heavy atom. The van der Waals surface area contributed by atoms with Gasteiger partial charge in [0.2, 0.25) is 11.8 Å². The third-order valence-corrected chi connectivity index (χ3v) is 8.92. The number of amides is 2. The van der Waals surface area contributed by atoms with E-state index in [0.717, 1.165) is 16.7 Å². The highest BCUT2D eigenvalue weighted by Crippen LogP contribution is 2.33. The molecule has 3 aromatic rings. The zero-order valence-corrected chi connectivity index (χ0v) is 31.5. The van der Waals surface area contributed by atoms with Gasteiger partial charge in [0, 0.05) is 34.1 Å². The number of hydrogen-bond donors (Lipinski definition) is 2. The van der Waals surface area contributed by atoms with Crippen molar-refractivity contribution < 1.29 is 57.1 Å². The molecule has 55 heavy (non-hydrogen) atoms. The van der Waals surface area contributed by atoms with E-state index in [9.17, 15) is 19.2 Å². The van der Waals surface area contributed by atoms with Gasteiger partial charge in [-0.1, -0.05) is 91.0 Å². The monoisotopic (exact) mass is 762 g/mol. The zero-order chi connectivity index (χ0) is 39.2. The maximum Gasteiger partial charge on any atom is 0.302 e. The Morgan fingerprint density at radius 1 is 0.618 bits per heavy atom. The normalized spacial score (nSPS) is 26.4. The molecule has 2 aliphatic rings. The van der Waals surface area contributed by atoms with Crippen molar-refractivity contribution in [2.75, 3.05) is 13.2 Å². The quantitative estimate of drug-likeness (QED) is 0.192. The van der Waals surface area contributed by atoms with Crippen LogP contribution in [0.2, 0.25) is 0 Å². The van der Waals surface area contributed by atoms with Crippen molar-refractivity contribution in [3.05, 3.63) is 108 Å². The Labute approximate surface area is 321 Å². The zero-order valence-electron chi connectivity index (χ0n) is 31.5. The fourth-order valence-electron chi connectivity index (χ4n) is 6.55. The van der Waals surface area contributed by atoms with E-state index < -0.39 is 73.0 Å². The summed E-state index contributed by atoms with van der Waals surface area (Å²) >= 11 is 0. The lowest BCUT2D eigenvalue weighted by Crippen LogP contribution is -2.68. The third-order valence-electron chi connectivity index (χ3n) is 8.92. The number of benzene rings is 3. The molecule has 14 heteroatoms. The van der Waals surface area contributed by atoms with Crippen molar-refractivity contribution in [1.82, 2.24) is 10.6 Å². The second kappa shape index (κ2) is 20.8. The van der Waals surface area contributed by atoms with E-state index in [1.54, 1.807) is 0 Å². The number of carbonyl (C=O) groups is 4. The van der Waals surface area contributed by atoms with Gasteiger partial charge in [0.15, 0.2) is 12.6 Å². The largest absolute Gasteiger partial charge is 0.463 e. The highest BCUT2D eigenvalue weighted by Gasteiger charge is 2.52. The summed E-state index contributed by atoms with van der Waals surface area (Å²) in [7, 11) is 0. The molecule has 5 rings (SSSR count). The molecule has 2 heterocycles. The van der Waals surface area contributed by atoms with E-state index >= 15 is 0 Å². The maximum absolute atomic E-state index is 12.8. The number of esters is 2. The summed E-state index contributed by atoms with van der Waals surface area (Å²) in [6.07, 6.45) is -6.80. The van der Waals surface area contributed by atoms with Crippen LogP contribution in [0.5, 0.6) is 0 Å². The molecule has 0 bridgehead atoms. The summed E-state index contributed by atoms with van der Waals surface area (Å²) in [4.78, 5) is 49.5. The minimum Gasteiger partial charge on any atom is -0.463 e. The number of nitrogens with one attached hydrogen (secondary N) is 2. The Bertz CT molecular complexity index is 1660. The van der Waals surface area contributed by atoms with Gasteiger partial charge in [-0.05, 0) is 16.7 Å². The first-order valence-corrected chi connectivity index (χ1v) is 18.3. The Balaban J connectivity index is 1.53. The molecule has 0 radical (unpaired) electrons. The SMILES string of the molecule is CC(=O)N[C@H]1[C@H](OCc2ccccc2)O[C@H](COCc2ccccc2)[C@@H](O[C@@H]2O[C@H](COC(C)=O)C[C@H](OC(C)=O)[C@H]2NC(C)=O)[C@@H]1OCc1ccccc1. The fourth-order valence-corrected chi connectivity index (χ4v) is 6.55. The second-order valence-electron chi connectivity index (χ2n) is 13.5. The minimum absolute atomic E-state index is 0.00940. The van der Waals surface area contributed by atoms with Crippen LogP contribution in [0.3, 0.4) is 0 Å². The van der Waals surface area contributed by atoms with Crippen LogP contribution in [0, 0.1) is 0 Å². The van der Waals surface area contributed by atoms with Crippen LogP contribution in [-0.2, 0) is 76.9 Å². The Hall–Kier alpha value is -4.70. The van der Waals surface area contributed by atoms with Crippen LogP contribution in [-0.4, -0.2) is 92.2 Å². The van der Waals surface area contributed by atoms with Gasteiger partial charge in [-0.2, -0.15) is 0 Å². The van der Waals surface area contributed by atoms with Crippen molar-refractivity contribution >= 4 is 23.8 Å². The lowest BCUT2D eigenvalue weighted by molar-refractivity contribution is -0.331. The van der Waals surface area contributed by atoms with Crippen LogP contribution < -0.4 is 10.6 Å². The molecule has 9 atom stereocenters. The molecule has 2 amide bonds. The smallest absolute Gasteiger partial charge is 0.302 e. The van der Waals surface area contributed by atoms with Gasteiger partial charge in [0.1, 0.15) is 43.1 Å². The molecule has 2 fully saturated rings.